The maximum Gasteiger partial charge on any atom is 0.262 e. The molecule has 0 bridgehead atoms. The van der Waals surface area contributed by atoms with E-state index in [1.165, 1.54) is 18.2 Å². The molecule has 2 aromatic heterocycles. The molecule has 1 aromatic carbocycles. The lowest BCUT2D eigenvalue weighted by Gasteiger charge is -2.39. The highest BCUT2D eigenvalue weighted by Crippen LogP contribution is 2.26. The normalized spacial score (nSPS) is 19.8. The molecule has 1 amide bonds. The van der Waals surface area contributed by atoms with E-state index in [9.17, 15) is 9.59 Å². The zero-order valence-corrected chi connectivity index (χ0v) is 18.9. The van der Waals surface area contributed by atoms with Crippen molar-refractivity contribution in [3.63, 3.8) is 0 Å². The summed E-state index contributed by atoms with van der Waals surface area (Å²) in [5, 5.41) is 9.97. The standard InChI is InChI=1S/C22H29N5O2S/c1-14(2)12-25-20(29)17-10-5-6-11-18(17)27-21(25)23-24-22(27)30-13-19(28)26-15(3)8-7-9-16(26)4/h5-6,10-11,14-16H,7-9,12-13H2,1-4H3/t15-,16-/m1/s1. The molecule has 0 saturated carbocycles. The number of para-hydroxylation sites is 1. The van der Waals surface area contributed by atoms with Crippen LogP contribution in [-0.2, 0) is 11.3 Å². The smallest absolute Gasteiger partial charge is 0.262 e. The number of nitrogens with zero attached hydrogens (tertiary/aromatic N) is 5. The number of hydrogen-bond acceptors (Lipinski definition) is 5. The van der Waals surface area contributed by atoms with E-state index < -0.39 is 0 Å². The number of carbonyl (C=O) groups excluding carboxylic acids is 1. The summed E-state index contributed by atoms with van der Waals surface area (Å²) in [5.41, 5.74) is 0.722. The van der Waals surface area contributed by atoms with Crippen molar-refractivity contribution in [2.75, 3.05) is 5.75 Å². The Morgan fingerprint density at radius 3 is 2.57 bits per heavy atom. The molecule has 1 aliphatic rings. The van der Waals surface area contributed by atoms with Gasteiger partial charge in [-0.15, -0.1) is 10.2 Å². The van der Waals surface area contributed by atoms with E-state index in [4.69, 9.17) is 0 Å². The van der Waals surface area contributed by atoms with E-state index in [0.29, 0.717) is 34.5 Å². The fourth-order valence-electron chi connectivity index (χ4n) is 4.47. The molecule has 0 N–H and O–H groups in total. The number of thioether (sulfide) groups is 1. The fourth-order valence-corrected chi connectivity index (χ4v) is 5.28. The number of aromatic nitrogens is 4. The number of likely N-dealkylation sites (tertiary alicyclic amines) is 1. The largest absolute Gasteiger partial charge is 0.337 e. The quantitative estimate of drug-likeness (QED) is 0.582. The van der Waals surface area contributed by atoms with Crippen LogP contribution in [0.4, 0.5) is 0 Å². The van der Waals surface area contributed by atoms with Crippen molar-refractivity contribution in [1.29, 1.82) is 0 Å². The molecule has 1 fully saturated rings. The van der Waals surface area contributed by atoms with Crippen molar-refractivity contribution in [2.45, 2.75) is 70.7 Å². The average molecular weight is 428 g/mol. The van der Waals surface area contributed by atoms with Gasteiger partial charge in [-0.1, -0.05) is 37.7 Å². The van der Waals surface area contributed by atoms with Gasteiger partial charge in [-0.2, -0.15) is 0 Å². The second-order valence-electron chi connectivity index (χ2n) is 8.66. The van der Waals surface area contributed by atoms with Crippen LogP contribution in [0, 0.1) is 5.92 Å². The molecule has 4 rings (SSSR count). The van der Waals surface area contributed by atoms with Gasteiger partial charge in [0, 0.05) is 18.6 Å². The van der Waals surface area contributed by atoms with Crippen LogP contribution in [0.3, 0.4) is 0 Å². The number of benzene rings is 1. The van der Waals surface area contributed by atoms with Crippen molar-refractivity contribution in [3.8, 4) is 0 Å². The minimum Gasteiger partial charge on any atom is -0.337 e. The van der Waals surface area contributed by atoms with Gasteiger partial charge in [-0.3, -0.25) is 18.6 Å². The molecule has 0 unspecified atom stereocenters. The highest BCUT2D eigenvalue weighted by Gasteiger charge is 2.29. The van der Waals surface area contributed by atoms with E-state index in [1.807, 2.05) is 33.6 Å². The first-order valence-electron chi connectivity index (χ1n) is 10.7. The van der Waals surface area contributed by atoms with E-state index in [1.54, 1.807) is 4.57 Å². The fraction of sp³-hybridized carbons (Fsp3) is 0.545. The lowest BCUT2D eigenvalue weighted by Crippen LogP contribution is -2.48. The summed E-state index contributed by atoms with van der Waals surface area (Å²) >= 11 is 1.39. The van der Waals surface area contributed by atoms with Crippen LogP contribution in [0.25, 0.3) is 16.7 Å². The van der Waals surface area contributed by atoms with Crippen molar-refractivity contribution in [3.05, 3.63) is 34.6 Å². The Labute approximate surface area is 180 Å². The maximum atomic E-state index is 13.0. The molecule has 0 radical (unpaired) electrons. The number of amides is 1. The van der Waals surface area contributed by atoms with E-state index in [0.717, 1.165) is 18.4 Å². The summed E-state index contributed by atoms with van der Waals surface area (Å²) in [5.74, 6) is 1.27. The molecular formula is C22H29N5O2S. The molecule has 30 heavy (non-hydrogen) atoms. The molecule has 0 spiro atoms. The Hall–Kier alpha value is -2.35. The van der Waals surface area contributed by atoms with E-state index in [-0.39, 0.29) is 23.6 Å². The Morgan fingerprint density at radius 1 is 1.17 bits per heavy atom. The zero-order valence-electron chi connectivity index (χ0n) is 18.0. The summed E-state index contributed by atoms with van der Waals surface area (Å²) in [6, 6.07) is 8.07. The average Bonchev–Trinajstić information content (AvgIpc) is 3.13. The van der Waals surface area contributed by atoms with Crippen LogP contribution in [0.2, 0.25) is 0 Å². The minimum atomic E-state index is -0.0530. The van der Waals surface area contributed by atoms with Gasteiger partial charge >= 0.3 is 0 Å². The van der Waals surface area contributed by atoms with Crippen molar-refractivity contribution >= 4 is 34.3 Å². The molecular weight excluding hydrogens is 398 g/mol. The molecule has 3 heterocycles. The van der Waals surface area contributed by atoms with Gasteiger partial charge in [0.15, 0.2) is 5.16 Å². The Kier molecular flexibility index (Phi) is 5.86. The van der Waals surface area contributed by atoms with Crippen molar-refractivity contribution < 1.29 is 4.79 Å². The molecule has 1 saturated heterocycles. The third-order valence-electron chi connectivity index (χ3n) is 5.83. The number of carbonyl (C=O) groups is 1. The molecule has 1 aliphatic heterocycles. The van der Waals surface area contributed by atoms with Crippen LogP contribution in [0.5, 0.6) is 0 Å². The number of hydrogen-bond donors (Lipinski definition) is 0. The van der Waals surface area contributed by atoms with E-state index in [2.05, 4.69) is 37.9 Å². The first-order chi connectivity index (χ1) is 14.4. The van der Waals surface area contributed by atoms with Crippen molar-refractivity contribution in [1.82, 2.24) is 24.1 Å². The van der Waals surface area contributed by atoms with Gasteiger partial charge in [0.05, 0.1) is 16.7 Å². The monoisotopic (exact) mass is 427 g/mol. The zero-order chi connectivity index (χ0) is 21.4. The second-order valence-corrected chi connectivity index (χ2v) is 9.61. The highest BCUT2D eigenvalue weighted by atomic mass is 32.2. The van der Waals surface area contributed by atoms with Gasteiger partial charge in [-0.25, -0.2) is 0 Å². The van der Waals surface area contributed by atoms with Gasteiger partial charge in [0.25, 0.3) is 5.56 Å². The van der Waals surface area contributed by atoms with Crippen LogP contribution < -0.4 is 5.56 Å². The van der Waals surface area contributed by atoms with Gasteiger partial charge in [0.2, 0.25) is 11.7 Å². The Morgan fingerprint density at radius 2 is 1.87 bits per heavy atom. The summed E-state index contributed by atoms with van der Waals surface area (Å²) in [6.07, 6.45) is 3.29. The summed E-state index contributed by atoms with van der Waals surface area (Å²) in [7, 11) is 0. The first kappa shape index (κ1) is 20.9. The molecule has 2 atom stereocenters. The van der Waals surface area contributed by atoms with Gasteiger partial charge < -0.3 is 4.90 Å². The first-order valence-corrected chi connectivity index (χ1v) is 11.7. The third kappa shape index (κ3) is 3.73. The van der Waals surface area contributed by atoms with Crippen LogP contribution in [0.15, 0.2) is 34.2 Å². The molecule has 0 aliphatic carbocycles. The molecule has 8 heteroatoms. The predicted octanol–water partition coefficient (Wildman–Crippen LogP) is 3.58. The summed E-state index contributed by atoms with van der Waals surface area (Å²) in [6.45, 7) is 8.97. The van der Waals surface area contributed by atoms with Crippen LogP contribution >= 0.6 is 11.8 Å². The van der Waals surface area contributed by atoms with Gasteiger partial charge in [-0.05, 0) is 51.2 Å². The molecule has 3 aromatic rings. The van der Waals surface area contributed by atoms with E-state index >= 15 is 0 Å². The summed E-state index contributed by atoms with van der Waals surface area (Å²) in [4.78, 5) is 28.0. The van der Waals surface area contributed by atoms with Crippen molar-refractivity contribution in [2.24, 2.45) is 5.92 Å². The third-order valence-corrected chi connectivity index (χ3v) is 6.75. The maximum absolute atomic E-state index is 13.0. The number of piperidine rings is 1. The topological polar surface area (TPSA) is 72.5 Å². The SMILES string of the molecule is CC(C)Cn1c(=O)c2ccccc2n2c(SCC(=O)N3[C@H](C)CCC[C@H]3C)nnc12. The Bertz CT molecular complexity index is 1130. The predicted molar refractivity (Wildman–Crippen MR) is 120 cm³/mol. The second kappa shape index (κ2) is 8.41. The molecule has 7 nitrogen and oxygen atoms in total. The lowest BCUT2D eigenvalue weighted by atomic mass is 9.98. The number of rotatable bonds is 5. The number of fused-ring (bicyclic) bond motifs is 3. The lowest BCUT2D eigenvalue weighted by molar-refractivity contribution is -0.134. The van der Waals surface area contributed by atoms with Gasteiger partial charge in [0.1, 0.15) is 0 Å². The minimum absolute atomic E-state index is 0.0530. The van der Waals surface area contributed by atoms with Crippen LogP contribution in [0.1, 0.15) is 47.0 Å². The summed E-state index contributed by atoms with van der Waals surface area (Å²) < 4.78 is 3.61. The Balaban J connectivity index is 1.71. The van der Waals surface area contributed by atoms with Crippen LogP contribution in [-0.4, -0.2) is 47.8 Å². The molecule has 160 valence electrons. The highest BCUT2D eigenvalue weighted by molar-refractivity contribution is 7.99.